The van der Waals surface area contributed by atoms with Gasteiger partial charge in [0.25, 0.3) is 5.69 Å². The summed E-state index contributed by atoms with van der Waals surface area (Å²) in [4.78, 5) is 10.0. The number of non-ortho nitro benzene ring substituents is 1. The fraction of sp³-hybridized carbons (Fsp3) is 0.455. The molecule has 0 heterocycles. The van der Waals surface area contributed by atoms with E-state index in [4.69, 9.17) is 0 Å². The van der Waals surface area contributed by atoms with Crippen molar-refractivity contribution < 1.29 is 4.92 Å². The Labute approximate surface area is 94.0 Å². The Morgan fingerprint density at radius 1 is 1.33 bits per heavy atom. The predicted molar refractivity (Wildman–Crippen MR) is 64.2 cm³/mol. The molecule has 0 bridgehead atoms. The molecule has 0 aromatic heterocycles. The third kappa shape index (κ3) is 4.34. The lowest BCUT2D eigenvalue weighted by Gasteiger charge is -2.00. The van der Waals surface area contributed by atoms with Crippen molar-refractivity contribution in [2.45, 2.75) is 25.5 Å². The molecular formula is C11H15NO2S. The van der Waals surface area contributed by atoms with Crippen molar-refractivity contribution in [3.8, 4) is 0 Å². The van der Waals surface area contributed by atoms with Crippen LogP contribution in [0.4, 0.5) is 5.69 Å². The monoisotopic (exact) mass is 225 g/mol. The molecule has 0 unspecified atom stereocenters. The van der Waals surface area contributed by atoms with Gasteiger partial charge in [0.1, 0.15) is 0 Å². The van der Waals surface area contributed by atoms with E-state index in [9.17, 15) is 10.1 Å². The molecule has 1 aromatic carbocycles. The van der Waals surface area contributed by atoms with Crippen LogP contribution in [0.25, 0.3) is 0 Å². The van der Waals surface area contributed by atoms with Crippen molar-refractivity contribution in [1.29, 1.82) is 0 Å². The van der Waals surface area contributed by atoms with E-state index in [-0.39, 0.29) is 10.6 Å². The molecule has 15 heavy (non-hydrogen) atoms. The molecule has 0 saturated carbocycles. The van der Waals surface area contributed by atoms with Crippen LogP contribution in [-0.2, 0) is 5.75 Å². The number of nitro groups is 1. The highest BCUT2D eigenvalue weighted by Gasteiger charge is 2.03. The lowest BCUT2D eigenvalue weighted by atomic mass is 10.2. The summed E-state index contributed by atoms with van der Waals surface area (Å²) in [7, 11) is 0. The van der Waals surface area contributed by atoms with Crippen molar-refractivity contribution in [1.82, 2.24) is 0 Å². The molecule has 0 atom stereocenters. The molecule has 0 fully saturated rings. The highest BCUT2D eigenvalue weighted by molar-refractivity contribution is 7.98. The maximum Gasteiger partial charge on any atom is 0.269 e. The molecule has 0 amide bonds. The third-order valence-corrected chi connectivity index (χ3v) is 3.17. The summed E-state index contributed by atoms with van der Waals surface area (Å²) in [6.07, 6.45) is 2.45. The molecule has 0 aliphatic heterocycles. The molecule has 0 saturated heterocycles. The molecule has 4 heteroatoms. The molecule has 0 N–H and O–H groups in total. The van der Waals surface area contributed by atoms with Crippen molar-refractivity contribution in [2.24, 2.45) is 0 Å². The first kappa shape index (κ1) is 12.0. The van der Waals surface area contributed by atoms with Gasteiger partial charge in [-0.25, -0.2) is 0 Å². The molecule has 0 aliphatic carbocycles. The van der Waals surface area contributed by atoms with Crippen molar-refractivity contribution in [2.75, 3.05) is 5.75 Å². The first-order valence-electron chi connectivity index (χ1n) is 5.05. The van der Waals surface area contributed by atoms with Gasteiger partial charge in [-0.3, -0.25) is 10.1 Å². The molecule has 1 rings (SSSR count). The Morgan fingerprint density at radius 3 is 2.53 bits per heavy atom. The minimum absolute atomic E-state index is 0.164. The zero-order valence-corrected chi connectivity index (χ0v) is 9.63. The highest BCUT2D eigenvalue weighted by Crippen LogP contribution is 2.17. The zero-order valence-electron chi connectivity index (χ0n) is 8.81. The van der Waals surface area contributed by atoms with E-state index < -0.39 is 0 Å². The van der Waals surface area contributed by atoms with Crippen molar-refractivity contribution >= 4 is 17.4 Å². The number of hydrogen-bond acceptors (Lipinski definition) is 3. The summed E-state index contributed by atoms with van der Waals surface area (Å²) in [6.45, 7) is 2.17. The van der Waals surface area contributed by atoms with Gasteiger partial charge in [-0.1, -0.05) is 25.5 Å². The second-order valence-electron chi connectivity index (χ2n) is 3.33. The highest BCUT2D eigenvalue weighted by atomic mass is 32.2. The van der Waals surface area contributed by atoms with Gasteiger partial charge in [0.15, 0.2) is 0 Å². The quantitative estimate of drug-likeness (QED) is 0.422. The molecule has 1 aromatic rings. The Balaban J connectivity index is 2.39. The van der Waals surface area contributed by atoms with Gasteiger partial charge in [-0.2, -0.15) is 11.8 Å². The van der Waals surface area contributed by atoms with E-state index in [2.05, 4.69) is 6.92 Å². The summed E-state index contributed by atoms with van der Waals surface area (Å²) in [5, 5.41) is 10.4. The first-order valence-corrected chi connectivity index (χ1v) is 6.20. The minimum Gasteiger partial charge on any atom is -0.258 e. The fourth-order valence-electron chi connectivity index (χ4n) is 1.15. The normalized spacial score (nSPS) is 10.2. The largest absolute Gasteiger partial charge is 0.269 e. The van der Waals surface area contributed by atoms with Gasteiger partial charge in [-0.05, 0) is 17.7 Å². The lowest BCUT2D eigenvalue weighted by Crippen LogP contribution is -1.88. The number of rotatable bonds is 6. The van der Waals surface area contributed by atoms with E-state index in [1.807, 2.05) is 23.9 Å². The molecular weight excluding hydrogens is 210 g/mol. The van der Waals surface area contributed by atoms with Crippen LogP contribution in [0.15, 0.2) is 24.3 Å². The van der Waals surface area contributed by atoms with E-state index in [1.54, 1.807) is 12.1 Å². The summed E-state index contributed by atoms with van der Waals surface area (Å²) in [5.74, 6) is 2.10. The lowest BCUT2D eigenvalue weighted by molar-refractivity contribution is -0.384. The van der Waals surface area contributed by atoms with Crippen LogP contribution >= 0.6 is 11.8 Å². The molecule has 0 spiro atoms. The van der Waals surface area contributed by atoms with Crippen molar-refractivity contribution in [3.05, 3.63) is 39.9 Å². The van der Waals surface area contributed by atoms with Crippen molar-refractivity contribution in [3.63, 3.8) is 0 Å². The van der Waals surface area contributed by atoms with Gasteiger partial charge >= 0.3 is 0 Å². The Kier molecular flexibility index (Phi) is 5.18. The second kappa shape index (κ2) is 6.45. The van der Waals surface area contributed by atoms with E-state index in [1.165, 1.54) is 12.8 Å². The second-order valence-corrected chi connectivity index (χ2v) is 4.43. The van der Waals surface area contributed by atoms with Gasteiger partial charge < -0.3 is 0 Å². The minimum atomic E-state index is -0.367. The third-order valence-electron chi connectivity index (χ3n) is 2.06. The van der Waals surface area contributed by atoms with Crippen LogP contribution in [-0.4, -0.2) is 10.7 Å². The van der Waals surface area contributed by atoms with Gasteiger partial charge in [-0.15, -0.1) is 0 Å². The maximum absolute atomic E-state index is 10.4. The standard InChI is InChI=1S/C11H15NO2S/c1-2-3-8-15-9-10-4-6-11(7-5-10)12(13)14/h4-7H,2-3,8-9H2,1H3. The topological polar surface area (TPSA) is 43.1 Å². The zero-order chi connectivity index (χ0) is 11.1. The van der Waals surface area contributed by atoms with Crippen LogP contribution in [0, 0.1) is 10.1 Å². The van der Waals surface area contributed by atoms with Gasteiger partial charge in [0, 0.05) is 17.9 Å². The Hall–Kier alpha value is -1.03. The summed E-state index contributed by atoms with van der Waals surface area (Å²) >= 11 is 1.88. The smallest absolute Gasteiger partial charge is 0.258 e. The number of nitrogens with zero attached hydrogens (tertiary/aromatic N) is 1. The van der Waals surface area contributed by atoms with Gasteiger partial charge in [0.2, 0.25) is 0 Å². The maximum atomic E-state index is 10.4. The summed E-state index contributed by atoms with van der Waals surface area (Å²) in [5.41, 5.74) is 1.32. The first-order chi connectivity index (χ1) is 7.24. The molecule has 3 nitrogen and oxygen atoms in total. The summed E-state index contributed by atoms with van der Waals surface area (Å²) < 4.78 is 0. The summed E-state index contributed by atoms with van der Waals surface area (Å²) in [6, 6.07) is 6.79. The average Bonchev–Trinajstić information content (AvgIpc) is 2.25. The fourth-order valence-corrected chi connectivity index (χ4v) is 2.22. The van der Waals surface area contributed by atoms with E-state index >= 15 is 0 Å². The number of nitro benzene ring substituents is 1. The number of unbranched alkanes of at least 4 members (excludes halogenated alkanes) is 1. The number of benzene rings is 1. The van der Waals surface area contributed by atoms with Crippen LogP contribution in [0.5, 0.6) is 0 Å². The van der Waals surface area contributed by atoms with E-state index in [0.29, 0.717) is 0 Å². The Bertz CT molecular complexity index is 311. The average molecular weight is 225 g/mol. The molecule has 82 valence electrons. The Morgan fingerprint density at radius 2 is 2.00 bits per heavy atom. The van der Waals surface area contributed by atoms with Crippen LogP contribution in [0.2, 0.25) is 0 Å². The SMILES string of the molecule is CCCCSCc1ccc([N+](=O)[O-])cc1. The number of thioether (sulfide) groups is 1. The van der Waals surface area contributed by atoms with Crippen LogP contribution < -0.4 is 0 Å². The van der Waals surface area contributed by atoms with E-state index in [0.717, 1.165) is 17.1 Å². The van der Waals surface area contributed by atoms with Crippen LogP contribution in [0.1, 0.15) is 25.3 Å². The van der Waals surface area contributed by atoms with Gasteiger partial charge in [0.05, 0.1) is 4.92 Å². The predicted octanol–water partition coefficient (Wildman–Crippen LogP) is 3.63. The molecule has 0 radical (unpaired) electrons. The number of hydrogen-bond donors (Lipinski definition) is 0. The van der Waals surface area contributed by atoms with Crippen LogP contribution in [0.3, 0.4) is 0 Å². The molecule has 0 aliphatic rings.